The fraction of sp³-hybridized carbons (Fsp3) is 0.333. The molecule has 14 nitrogen and oxygen atoms in total. The van der Waals surface area contributed by atoms with Crippen LogP contribution in [0, 0.1) is 6.92 Å². The van der Waals surface area contributed by atoms with E-state index in [2.05, 4.69) is 51.0 Å². The Bertz CT molecular complexity index is 1940. The molecular formula is C33H39ClN10O4S2. The molecule has 8 rings (SSSR count). The van der Waals surface area contributed by atoms with E-state index in [0.29, 0.717) is 55.7 Å². The number of aliphatic hydroxyl groups excluding tert-OH is 4. The number of nitrogens with one attached hydrogen (secondary N) is 4. The number of aryl methyl sites for hydroxylation is 1. The molecule has 0 saturated heterocycles. The van der Waals surface area contributed by atoms with E-state index in [9.17, 15) is 10.2 Å². The Hall–Kier alpha value is -4.29. The first-order valence-electron chi connectivity index (χ1n) is 16.1. The molecule has 2 aliphatic rings. The molecule has 0 aliphatic heterocycles. The van der Waals surface area contributed by atoms with Gasteiger partial charge in [0, 0.05) is 59.7 Å². The highest BCUT2D eigenvalue weighted by molar-refractivity contribution is 7.15. The minimum absolute atomic E-state index is 0. The first-order valence-corrected chi connectivity index (χ1v) is 18.1. The normalized spacial score (nSPS) is 15.3. The molecule has 2 atom stereocenters. The Labute approximate surface area is 302 Å². The maximum absolute atomic E-state index is 9.73. The monoisotopic (exact) mass is 738 g/mol. The first-order chi connectivity index (χ1) is 24.3. The third-order valence-corrected chi connectivity index (χ3v) is 10.8. The fourth-order valence-corrected chi connectivity index (χ4v) is 6.99. The maximum Gasteiger partial charge on any atom is 0.171 e. The third kappa shape index (κ3) is 8.02. The van der Waals surface area contributed by atoms with Crippen molar-refractivity contribution in [2.24, 2.45) is 0 Å². The Morgan fingerprint density at radius 2 is 1.26 bits per heavy atom. The SMILES string of the molecule is Cc1cnc(-c2ccc(C(O)CO)s2)nc1Nc1cc(C2CC2)[nH]n1.OCC(O)c1ccc(-c2ncc(Cl)c(Nc3cc(C4CC4)[nH]n3)n2)s1.[HH].[HH]. The van der Waals surface area contributed by atoms with Crippen molar-refractivity contribution in [1.29, 1.82) is 0 Å². The molecule has 6 aromatic rings. The van der Waals surface area contributed by atoms with Gasteiger partial charge in [0.2, 0.25) is 0 Å². The van der Waals surface area contributed by atoms with Gasteiger partial charge in [-0.1, -0.05) is 11.6 Å². The summed E-state index contributed by atoms with van der Waals surface area (Å²) in [7, 11) is 0. The van der Waals surface area contributed by atoms with Gasteiger partial charge in [-0.25, -0.2) is 19.9 Å². The van der Waals surface area contributed by atoms with Crippen LogP contribution >= 0.6 is 34.3 Å². The minimum atomic E-state index is -0.895. The van der Waals surface area contributed by atoms with Crippen molar-refractivity contribution in [3.8, 4) is 21.4 Å². The Balaban J connectivity index is 0.000000194. The molecule has 17 heteroatoms. The quantitative estimate of drug-likeness (QED) is 0.0667. The van der Waals surface area contributed by atoms with E-state index in [4.69, 9.17) is 21.8 Å². The van der Waals surface area contributed by atoms with Gasteiger partial charge in [0.1, 0.15) is 23.0 Å². The summed E-state index contributed by atoms with van der Waals surface area (Å²) in [5.41, 5.74) is 3.20. The third-order valence-electron chi connectivity index (χ3n) is 8.14. The smallest absolute Gasteiger partial charge is 0.171 e. The second-order valence-corrected chi connectivity index (χ2v) is 14.8. The summed E-state index contributed by atoms with van der Waals surface area (Å²) in [6.45, 7) is 1.32. The number of halogens is 1. The lowest BCUT2D eigenvalue weighted by Gasteiger charge is -2.07. The predicted molar refractivity (Wildman–Crippen MR) is 196 cm³/mol. The lowest BCUT2D eigenvalue weighted by molar-refractivity contribution is 0.0983. The number of anilines is 4. The summed E-state index contributed by atoms with van der Waals surface area (Å²) >= 11 is 8.90. The van der Waals surface area contributed by atoms with Crippen molar-refractivity contribution in [1.82, 2.24) is 40.3 Å². The van der Waals surface area contributed by atoms with Gasteiger partial charge in [-0.05, 0) is 56.9 Å². The number of hydrogen-bond acceptors (Lipinski definition) is 14. The molecule has 264 valence electrons. The molecule has 50 heavy (non-hydrogen) atoms. The van der Waals surface area contributed by atoms with Crippen molar-refractivity contribution in [3.05, 3.63) is 80.5 Å². The molecule has 2 fully saturated rings. The van der Waals surface area contributed by atoms with Crippen molar-refractivity contribution in [2.75, 3.05) is 23.8 Å². The highest BCUT2D eigenvalue weighted by Crippen LogP contribution is 2.41. The molecule has 2 unspecified atom stereocenters. The van der Waals surface area contributed by atoms with Crippen LogP contribution in [-0.4, -0.2) is 74.0 Å². The zero-order valence-electron chi connectivity index (χ0n) is 26.8. The average Bonchev–Trinajstić information content (AvgIpc) is 3.89. The molecule has 2 aliphatic carbocycles. The van der Waals surface area contributed by atoms with E-state index in [0.717, 1.165) is 32.5 Å². The van der Waals surface area contributed by atoms with E-state index < -0.39 is 12.2 Å². The number of thiophene rings is 2. The van der Waals surface area contributed by atoms with Gasteiger partial charge in [0.25, 0.3) is 0 Å². The number of aromatic nitrogens is 8. The molecule has 6 aromatic heterocycles. The van der Waals surface area contributed by atoms with E-state index in [1.807, 2.05) is 31.2 Å². The Kier molecular flexibility index (Phi) is 10.2. The van der Waals surface area contributed by atoms with E-state index in [-0.39, 0.29) is 16.1 Å². The lowest BCUT2D eigenvalue weighted by Crippen LogP contribution is -2.00. The zero-order chi connectivity index (χ0) is 34.8. The standard InChI is InChI=1S/C17H19N5O2S.C16H16ClN5O2S.2H2/c1-9-7-18-17(14-5-4-13(25-14)12(24)8-23)20-16(9)19-15-6-11(21-22-15)10-2-3-10;17-9-6-18-16(13-4-3-12(25-13)11(24)7-23)20-15(9)19-14-5-10(21-22-14)8-1-2-8;;/h4-7,10,12,23-24H,2-3,8H2,1H3,(H2,18,19,20,21,22);3-6,8,11,23-24H,1-2,7H2,(H2,18,19,20,21,22);2*1H. The van der Waals surface area contributed by atoms with Crippen LogP contribution in [0.5, 0.6) is 0 Å². The predicted octanol–water partition coefficient (Wildman–Crippen LogP) is 6.60. The topological polar surface area (TPSA) is 214 Å². The number of hydrogen-bond donors (Lipinski definition) is 8. The summed E-state index contributed by atoms with van der Waals surface area (Å²) in [6.07, 6.45) is 6.36. The fourth-order valence-electron chi connectivity index (χ4n) is 5.00. The van der Waals surface area contributed by atoms with Crippen LogP contribution in [0.4, 0.5) is 23.3 Å². The second kappa shape index (κ2) is 14.9. The summed E-state index contributed by atoms with van der Waals surface area (Å²) in [4.78, 5) is 20.7. The van der Waals surface area contributed by atoms with Crippen LogP contribution in [0.25, 0.3) is 21.4 Å². The molecule has 2 saturated carbocycles. The first kappa shape index (κ1) is 34.2. The van der Waals surface area contributed by atoms with E-state index in [1.54, 1.807) is 18.3 Å². The van der Waals surface area contributed by atoms with Gasteiger partial charge in [-0.2, -0.15) is 10.2 Å². The lowest BCUT2D eigenvalue weighted by atomic mass is 10.3. The van der Waals surface area contributed by atoms with Gasteiger partial charge < -0.3 is 31.1 Å². The van der Waals surface area contributed by atoms with Crippen LogP contribution in [0.1, 0.15) is 79.3 Å². The van der Waals surface area contributed by atoms with E-state index >= 15 is 0 Å². The van der Waals surface area contributed by atoms with Gasteiger partial charge in [-0.3, -0.25) is 10.2 Å². The van der Waals surface area contributed by atoms with Crippen LogP contribution in [0.15, 0.2) is 48.8 Å². The van der Waals surface area contributed by atoms with Crippen LogP contribution < -0.4 is 10.6 Å². The number of rotatable bonds is 12. The van der Waals surface area contributed by atoms with Crippen LogP contribution in [-0.2, 0) is 0 Å². The average molecular weight is 739 g/mol. The Morgan fingerprint density at radius 1 is 0.780 bits per heavy atom. The zero-order valence-corrected chi connectivity index (χ0v) is 29.2. The van der Waals surface area contributed by atoms with Crippen LogP contribution in [0.3, 0.4) is 0 Å². The molecule has 0 amide bonds. The summed E-state index contributed by atoms with van der Waals surface area (Å²) in [5, 5.41) is 58.9. The van der Waals surface area contributed by atoms with Gasteiger partial charge in [0.15, 0.2) is 29.1 Å². The van der Waals surface area contributed by atoms with Crippen LogP contribution in [0.2, 0.25) is 5.02 Å². The molecule has 0 bridgehead atoms. The van der Waals surface area contributed by atoms with Gasteiger partial charge in [0.05, 0.1) is 29.2 Å². The summed E-state index contributed by atoms with van der Waals surface area (Å²) < 4.78 is 0. The maximum atomic E-state index is 9.73. The van der Waals surface area contributed by atoms with Crippen molar-refractivity contribution in [3.63, 3.8) is 0 Å². The summed E-state index contributed by atoms with van der Waals surface area (Å²) in [5.74, 6) is 4.86. The van der Waals surface area contributed by atoms with Crippen molar-refractivity contribution >= 4 is 57.5 Å². The molecule has 8 N–H and O–H groups in total. The van der Waals surface area contributed by atoms with Crippen molar-refractivity contribution in [2.45, 2.75) is 56.7 Å². The number of aromatic amines is 2. The highest BCUT2D eigenvalue weighted by Gasteiger charge is 2.26. The molecule has 0 radical (unpaired) electrons. The van der Waals surface area contributed by atoms with E-state index in [1.165, 1.54) is 54.6 Å². The van der Waals surface area contributed by atoms with Gasteiger partial charge >= 0.3 is 0 Å². The minimum Gasteiger partial charge on any atom is -0.393 e. The number of nitrogens with zero attached hydrogens (tertiary/aromatic N) is 6. The molecule has 0 aromatic carbocycles. The summed E-state index contributed by atoms with van der Waals surface area (Å²) in [6, 6.07) is 11.2. The van der Waals surface area contributed by atoms with Crippen molar-refractivity contribution < 1.29 is 23.3 Å². The van der Waals surface area contributed by atoms with Gasteiger partial charge in [-0.15, -0.1) is 22.7 Å². The molecule has 0 spiro atoms. The molecular weight excluding hydrogens is 700 g/mol. The number of aliphatic hydroxyl groups is 4. The highest BCUT2D eigenvalue weighted by atomic mass is 35.5. The number of H-pyrrole nitrogens is 2. The largest absolute Gasteiger partial charge is 0.393 e. The Morgan fingerprint density at radius 3 is 1.76 bits per heavy atom. The second-order valence-electron chi connectivity index (χ2n) is 12.1. The molecule has 6 heterocycles.